The van der Waals surface area contributed by atoms with E-state index in [2.05, 4.69) is 25.2 Å². The summed E-state index contributed by atoms with van der Waals surface area (Å²) >= 11 is 0. The fourth-order valence-electron chi connectivity index (χ4n) is 8.93. The largest absolute Gasteiger partial charge is 0.442 e. The summed E-state index contributed by atoms with van der Waals surface area (Å²) in [6.45, 7) is 6.11. The summed E-state index contributed by atoms with van der Waals surface area (Å²) in [7, 11) is 0. The molecule has 40 heavy (non-hydrogen) atoms. The molecular weight excluding hydrogens is 506 g/mol. The zero-order valence-corrected chi connectivity index (χ0v) is 23.6. The van der Waals surface area contributed by atoms with Crippen LogP contribution in [0.1, 0.15) is 94.0 Å². The molecule has 2 unspecified atom stereocenters. The third-order valence-electron chi connectivity index (χ3n) is 11.2. The minimum atomic E-state index is -0.754. The lowest BCUT2D eigenvalue weighted by atomic mass is 9.45. The Balaban J connectivity index is 1.16. The normalized spacial score (nSPS) is 36.5. The number of hydrogen-bond donors (Lipinski definition) is 2. The molecule has 7 nitrogen and oxygen atoms in total. The minimum Gasteiger partial charge on any atom is -0.442 e. The van der Waals surface area contributed by atoms with Crippen molar-refractivity contribution in [2.75, 3.05) is 5.32 Å². The van der Waals surface area contributed by atoms with Gasteiger partial charge in [-0.3, -0.25) is 10.1 Å². The highest BCUT2D eigenvalue weighted by molar-refractivity contribution is 5.95. The second-order valence-electron chi connectivity index (χ2n) is 13.0. The van der Waals surface area contributed by atoms with Crippen LogP contribution in [0.5, 0.6) is 0 Å². The molecule has 1 aromatic heterocycles. The van der Waals surface area contributed by atoms with E-state index >= 15 is 0 Å². The van der Waals surface area contributed by atoms with Gasteiger partial charge in [0, 0.05) is 22.7 Å². The molecule has 0 spiro atoms. The molecule has 0 bridgehead atoms. The molecular formula is C33H39NO6. The summed E-state index contributed by atoms with van der Waals surface area (Å²) in [6, 6.07) is 10.2. The molecule has 0 radical (unpaired) electrons. The fraction of sp³-hybridized carbons (Fsp3) is 0.545. The van der Waals surface area contributed by atoms with Gasteiger partial charge in [-0.25, -0.2) is 9.59 Å². The van der Waals surface area contributed by atoms with Crippen molar-refractivity contribution >= 4 is 17.6 Å². The van der Waals surface area contributed by atoms with Gasteiger partial charge in [-0.15, -0.1) is 0 Å². The van der Waals surface area contributed by atoms with E-state index in [1.54, 1.807) is 30.5 Å². The van der Waals surface area contributed by atoms with E-state index < -0.39 is 11.7 Å². The number of allylic oxidation sites excluding steroid dienone is 1. The number of fused-ring (bicyclic) bond motifs is 5. The van der Waals surface area contributed by atoms with Gasteiger partial charge in [0.25, 0.3) is 0 Å². The van der Waals surface area contributed by atoms with E-state index in [9.17, 15) is 19.5 Å². The van der Waals surface area contributed by atoms with Crippen LogP contribution in [0.3, 0.4) is 0 Å². The summed E-state index contributed by atoms with van der Waals surface area (Å²) in [5, 5.41) is 15.2. The van der Waals surface area contributed by atoms with Crippen molar-refractivity contribution in [2.45, 2.75) is 89.8 Å². The zero-order valence-electron chi connectivity index (χ0n) is 23.6. The van der Waals surface area contributed by atoms with Crippen LogP contribution in [0, 0.1) is 22.7 Å². The predicted molar refractivity (Wildman–Crippen MR) is 151 cm³/mol. The molecule has 6 rings (SSSR count). The molecule has 1 amide bonds. The molecule has 2 aromatic rings. The smallest absolute Gasteiger partial charge is 0.412 e. The maximum absolute atomic E-state index is 12.6. The molecule has 4 aliphatic carbocycles. The van der Waals surface area contributed by atoms with Crippen LogP contribution in [-0.2, 0) is 4.74 Å². The molecule has 3 fully saturated rings. The Hall–Kier alpha value is -3.19. The van der Waals surface area contributed by atoms with E-state index in [4.69, 9.17) is 9.15 Å². The lowest BCUT2D eigenvalue weighted by Gasteiger charge is -2.61. The molecule has 4 aliphatic rings. The average molecular weight is 546 g/mol. The van der Waals surface area contributed by atoms with Crippen molar-refractivity contribution in [2.24, 2.45) is 22.7 Å². The van der Waals surface area contributed by atoms with Crippen LogP contribution < -0.4 is 10.9 Å². The van der Waals surface area contributed by atoms with Gasteiger partial charge in [-0.05, 0) is 123 Å². The van der Waals surface area contributed by atoms with E-state index in [-0.39, 0.29) is 40.2 Å². The van der Waals surface area contributed by atoms with Gasteiger partial charge in [0.05, 0.1) is 11.9 Å². The van der Waals surface area contributed by atoms with Crippen LogP contribution in [0.25, 0.3) is 0 Å². The monoisotopic (exact) mass is 545 g/mol. The Kier molecular flexibility index (Phi) is 6.56. The van der Waals surface area contributed by atoms with E-state index in [1.807, 2.05) is 6.07 Å². The summed E-state index contributed by atoms with van der Waals surface area (Å²) in [5.41, 5.74) is 2.19. The molecule has 212 valence electrons. The molecule has 2 N–H and O–H groups in total. The number of rotatable bonds is 4. The quantitative estimate of drug-likeness (QED) is 0.330. The van der Waals surface area contributed by atoms with Crippen molar-refractivity contribution < 1.29 is 23.8 Å². The number of benzene rings is 1. The number of aliphatic hydroxyl groups is 1. The van der Waals surface area contributed by atoms with Crippen molar-refractivity contribution in [1.29, 1.82) is 0 Å². The van der Waals surface area contributed by atoms with Gasteiger partial charge in [-0.1, -0.05) is 19.4 Å². The van der Waals surface area contributed by atoms with Crippen molar-refractivity contribution in [1.82, 2.24) is 0 Å². The summed E-state index contributed by atoms with van der Waals surface area (Å²) in [4.78, 5) is 35.7. The number of Topliss-reactive ketones (excluding diaryl/α,β-unsaturated/α-hetero) is 1. The lowest BCUT2D eigenvalue weighted by molar-refractivity contribution is -0.178. The third kappa shape index (κ3) is 4.25. The Bertz CT molecular complexity index is 1390. The second kappa shape index (κ2) is 9.72. The highest BCUT2D eigenvalue weighted by Crippen LogP contribution is 2.70. The first kappa shape index (κ1) is 27.0. The van der Waals surface area contributed by atoms with Crippen LogP contribution >= 0.6 is 0 Å². The number of carbonyl (C=O) groups is 2. The summed E-state index contributed by atoms with van der Waals surface area (Å²) in [5.74, 6) is 0.753. The first-order valence-electron chi connectivity index (χ1n) is 14.6. The van der Waals surface area contributed by atoms with Gasteiger partial charge in [0.1, 0.15) is 6.10 Å². The van der Waals surface area contributed by atoms with Gasteiger partial charge in [0.2, 0.25) is 0 Å². The molecule has 1 aromatic carbocycles. The number of carbonyl (C=O) groups excluding carboxylic acids is 2. The van der Waals surface area contributed by atoms with E-state index in [0.29, 0.717) is 17.2 Å². The minimum absolute atomic E-state index is 0.0174. The van der Waals surface area contributed by atoms with Crippen LogP contribution in [0.4, 0.5) is 10.5 Å². The first-order valence-corrected chi connectivity index (χ1v) is 14.6. The number of ether oxygens (including phenoxy) is 1. The lowest BCUT2D eigenvalue weighted by Crippen LogP contribution is -2.60. The van der Waals surface area contributed by atoms with Gasteiger partial charge < -0.3 is 14.3 Å². The topological polar surface area (TPSA) is 106 Å². The van der Waals surface area contributed by atoms with Crippen LogP contribution in [0.2, 0.25) is 0 Å². The fourth-order valence-corrected chi connectivity index (χ4v) is 8.93. The van der Waals surface area contributed by atoms with Gasteiger partial charge in [-0.2, -0.15) is 0 Å². The van der Waals surface area contributed by atoms with E-state index in [0.717, 1.165) is 56.9 Å². The summed E-state index contributed by atoms with van der Waals surface area (Å²) < 4.78 is 11.0. The number of amides is 1. The molecule has 0 saturated heterocycles. The molecule has 3 saturated carbocycles. The second-order valence-corrected chi connectivity index (χ2v) is 13.0. The third-order valence-corrected chi connectivity index (χ3v) is 11.2. The maximum atomic E-state index is 12.6. The molecule has 1 heterocycles. The number of anilines is 1. The zero-order chi connectivity index (χ0) is 28.3. The summed E-state index contributed by atoms with van der Waals surface area (Å²) in [6.07, 6.45) is 10.1. The Morgan fingerprint density at radius 2 is 1.75 bits per heavy atom. The number of nitrogens with one attached hydrogen (secondary N) is 1. The van der Waals surface area contributed by atoms with Gasteiger partial charge >= 0.3 is 11.7 Å². The van der Waals surface area contributed by atoms with Crippen LogP contribution in [-0.4, -0.2) is 28.7 Å². The van der Waals surface area contributed by atoms with Crippen molar-refractivity contribution in [3.05, 3.63) is 75.9 Å². The molecule has 7 atom stereocenters. The number of hydrogen-bond acceptors (Lipinski definition) is 6. The highest BCUT2D eigenvalue weighted by Gasteiger charge is 2.66. The highest BCUT2D eigenvalue weighted by atomic mass is 16.6. The van der Waals surface area contributed by atoms with Crippen molar-refractivity contribution in [3.63, 3.8) is 0 Å². The Labute approximate surface area is 235 Å². The molecule has 0 aliphatic heterocycles. The molecule has 7 heteroatoms. The van der Waals surface area contributed by atoms with Crippen LogP contribution in [0.15, 0.2) is 63.5 Å². The van der Waals surface area contributed by atoms with E-state index in [1.165, 1.54) is 18.6 Å². The Morgan fingerprint density at radius 3 is 2.45 bits per heavy atom. The number of ketones is 1. The predicted octanol–water partition coefficient (Wildman–Crippen LogP) is 6.62. The maximum Gasteiger partial charge on any atom is 0.412 e. The first-order chi connectivity index (χ1) is 19.0. The van der Waals surface area contributed by atoms with Crippen molar-refractivity contribution in [3.8, 4) is 0 Å². The average Bonchev–Trinajstić information content (AvgIpc) is 3.20. The Morgan fingerprint density at radius 1 is 0.975 bits per heavy atom. The SMILES string of the molecule is CC(=O)c1ccc(NC(=O)O[C@@H]2C=C3CCC4C(CC[C@]5(C)[C@@H](c6ccc(=O)oc6)CC[C@]45O)[C@@]3(C)CC2)cc1. The standard InChI is InChI=1S/C33H39NO6/c1-20(35)21-4-8-24(9-5-21)34-30(37)40-25-12-15-31(2)23(18-25)7-10-28-27(31)13-16-32(3)26(14-17-33(28,32)38)22-6-11-29(36)39-19-22/h4-6,8-9,11,18-19,25-28,38H,7,10,12-17H2,1-3H3,(H,34,37)/t25-,26+,27?,28?,31-,32+,33-/m0/s1. The van der Waals surface area contributed by atoms with Gasteiger partial charge in [0.15, 0.2) is 5.78 Å².